The molecule has 0 atom stereocenters. The van der Waals surface area contributed by atoms with Crippen molar-refractivity contribution in [1.29, 1.82) is 0 Å². The summed E-state index contributed by atoms with van der Waals surface area (Å²) >= 11 is 24.1. The first-order valence-corrected chi connectivity index (χ1v) is 7.35. The van der Waals surface area contributed by atoms with Crippen LogP contribution in [-0.2, 0) is 4.79 Å². The molecule has 0 aliphatic carbocycles. The molecule has 0 fully saturated rings. The zero-order valence-electron chi connectivity index (χ0n) is 10.5. The van der Waals surface area contributed by atoms with E-state index in [2.05, 4.69) is 5.43 Å². The Hall–Kier alpha value is -0.970. The molecule has 3 N–H and O–H groups in total. The molecule has 0 aromatic heterocycles. The van der Waals surface area contributed by atoms with Crippen LogP contribution in [0.25, 0.3) is 0 Å². The van der Waals surface area contributed by atoms with Crippen molar-refractivity contribution in [2.24, 2.45) is 5.84 Å². The van der Waals surface area contributed by atoms with Gasteiger partial charge in [-0.05, 0) is 35.4 Å². The fourth-order valence-corrected chi connectivity index (χ4v) is 3.04. The molecule has 1 amide bonds. The average molecular weight is 364 g/mol. The average Bonchev–Trinajstić information content (AvgIpc) is 2.43. The van der Waals surface area contributed by atoms with Crippen molar-refractivity contribution in [3.05, 3.63) is 67.6 Å². The maximum absolute atomic E-state index is 12.2. The van der Waals surface area contributed by atoms with Crippen LogP contribution in [0.3, 0.4) is 0 Å². The molecule has 3 nitrogen and oxygen atoms in total. The number of halogens is 4. The van der Waals surface area contributed by atoms with Crippen LogP contribution in [0.15, 0.2) is 36.4 Å². The van der Waals surface area contributed by atoms with E-state index in [0.717, 1.165) is 0 Å². The Kier molecular flexibility index (Phi) is 5.36. The van der Waals surface area contributed by atoms with E-state index in [1.807, 2.05) is 0 Å². The molecule has 0 spiro atoms. The number of rotatable bonds is 3. The third kappa shape index (κ3) is 3.62. The van der Waals surface area contributed by atoms with Crippen LogP contribution in [-0.4, -0.2) is 5.91 Å². The summed E-state index contributed by atoms with van der Waals surface area (Å²) in [5, 5.41) is 1.64. The lowest BCUT2D eigenvalue weighted by Gasteiger charge is -2.19. The molecule has 0 saturated carbocycles. The molecule has 0 aliphatic rings. The molecule has 110 valence electrons. The third-order valence-corrected chi connectivity index (χ3v) is 4.08. The highest BCUT2D eigenvalue weighted by Crippen LogP contribution is 2.36. The minimum atomic E-state index is -0.760. The van der Waals surface area contributed by atoms with Crippen LogP contribution in [0.2, 0.25) is 20.1 Å². The van der Waals surface area contributed by atoms with Crippen molar-refractivity contribution in [2.75, 3.05) is 0 Å². The van der Waals surface area contributed by atoms with E-state index >= 15 is 0 Å². The Morgan fingerprint density at radius 2 is 1.33 bits per heavy atom. The number of hydrogen-bond acceptors (Lipinski definition) is 2. The van der Waals surface area contributed by atoms with Crippen LogP contribution in [0.1, 0.15) is 17.0 Å². The molecular weight excluding hydrogens is 354 g/mol. The number of hydrazine groups is 1. The molecular formula is C14H10Cl4N2O. The first kappa shape index (κ1) is 16.4. The van der Waals surface area contributed by atoms with Crippen molar-refractivity contribution < 1.29 is 4.79 Å². The first-order chi connectivity index (χ1) is 9.93. The van der Waals surface area contributed by atoms with E-state index in [1.54, 1.807) is 36.4 Å². The molecule has 0 unspecified atom stereocenters. The highest BCUT2D eigenvalue weighted by atomic mass is 35.5. The number of carbonyl (C=O) groups excluding carboxylic acids is 1. The van der Waals surface area contributed by atoms with Crippen molar-refractivity contribution in [1.82, 2.24) is 5.43 Å². The zero-order chi connectivity index (χ0) is 15.6. The van der Waals surface area contributed by atoms with Gasteiger partial charge in [0.2, 0.25) is 5.91 Å². The SMILES string of the molecule is NNC(=O)C(c1ccc(Cl)cc1Cl)c1ccc(Cl)cc1Cl. The second kappa shape index (κ2) is 6.86. The Balaban J connectivity index is 2.61. The summed E-state index contributed by atoms with van der Waals surface area (Å²) in [4.78, 5) is 12.2. The molecule has 0 bridgehead atoms. The maximum Gasteiger partial charge on any atom is 0.245 e. The second-order valence-corrected chi connectivity index (χ2v) is 5.96. The van der Waals surface area contributed by atoms with Crippen molar-refractivity contribution >= 4 is 52.3 Å². The summed E-state index contributed by atoms with van der Waals surface area (Å²) < 4.78 is 0. The molecule has 0 radical (unpaired) electrons. The predicted molar refractivity (Wildman–Crippen MR) is 87.1 cm³/mol. The summed E-state index contributed by atoms with van der Waals surface area (Å²) in [6.07, 6.45) is 0. The fraction of sp³-hybridized carbons (Fsp3) is 0.0714. The molecule has 0 saturated heterocycles. The number of hydrogen-bond donors (Lipinski definition) is 2. The lowest BCUT2D eigenvalue weighted by molar-refractivity contribution is -0.121. The van der Waals surface area contributed by atoms with Crippen LogP contribution >= 0.6 is 46.4 Å². The lowest BCUT2D eigenvalue weighted by atomic mass is 9.90. The van der Waals surface area contributed by atoms with Crippen LogP contribution in [0.4, 0.5) is 0 Å². The summed E-state index contributed by atoms with van der Waals surface area (Å²) in [7, 11) is 0. The Labute approximate surface area is 141 Å². The monoisotopic (exact) mass is 362 g/mol. The quantitative estimate of drug-likeness (QED) is 0.481. The Bertz CT molecular complexity index is 639. The van der Waals surface area contributed by atoms with Gasteiger partial charge in [-0.2, -0.15) is 0 Å². The molecule has 2 rings (SSSR count). The first-order valence-electron chi connectivity index (χ1n) is 5.84. The standard InChI is InChI=1S/C14H10Cl4N2O/c15-7-1-3-9(11(17)5-7)13(14(21)20-19)10-4-2-8(16)6-12(10)18/h1-6,13H,19H2,(H,20,21). The molecule has 0 aliphatic heterocycles. The minimum absolute atomic E-state index is 0.349. The zero-order valence-corrected chi connectivity index (χ0v) is 13.6. The summed E-state index contributed by atoms with van der Waals surface area (Å²) in [6, 6.07) is 9.72. The highest BCUT2D eigenvalue weighted by molar-refractivity contribution is 6.36. The highest BCUT2D eigenvalue weighted by Gasteiger charge is 2.26. The normalized spacial score (nSPS) is 10.8. The third-order valence-electron chi connectivity index (χ3n) is 2.95. The number of nitrogens with two attached hydrogens (primary N) is 1. The van der Waals surface area contributed by atoms with Gasteiger partial charge in [0.25, 0.3) is 0 Å². The van der Waals surface area contributed by atoms with Gasteiger partial charge in [-0.25, -0.2) is 5.84 Å². The Morgan fingerprint density at radius 3 is 1.67 bits per heavy atom. The summed E-state index contributed by atoms with van der Waals surface area (Å²) in [5.41, 5.74) is 3.22. The topological polar surface area (TPSA) is 55.1 Å². The largest absolute Gasteiger partial charge is 0.293 e. The summed E-state index contributed by atoms with van der Waals surface area (Å²) in [5.74, 6) is 4.07. The fourth-order valence-electron chi connectivity index (χ4n) is 2.00. The van der Waals surface area contributed by atoms with Gasteiger partial charge < -0.3 is 0 Å². The van der Waals surface area contributed by atoms with Crippen molar-refractivity contribution in [2.45, 2.75) is 5.92 Å². The molecule has 7 heteroatoms. The van der Waals surface area contributed by atoms with Gasteiger partial charge in [0, 0.05) is 20.1 Å². The lowest BCUT2D eigenvalue weighted by Crippen LogP contribution is -2.35. The Morgan fingerprint density at radius 1 is 0.905 bits per heavy atom. The smallest absolute Gasteiger partial charge is 0.245 e. The summed E-state index contributed by atoms with van der Waals surface area (Å²) in [6.45, 7) is 0. The van der Waals surface area contributed by atoms with E-state index in [1.165, 1.54) is 0 Å². The van der Waals surface area contributed by atoms with E-state index in [0.29, 0.717) is 31.2 Å². The van der Waals surface area contributed by atoms with E-state index in [-0.39, 0.29) is 0 Å². The van der Waals surface area contributed by atoms with Gasteiger partial charge in [0.15, 0.2) is 0 Å². The molecule has 21 heavy (non-hydrogen) atoms. The van der Waals surface area contributed by atoms with E-state index < -0.39 is 11.8 Å². The van der Waals surface area contributed by atoms with Crippen molar-refractivity contribution in [3.8, 4) is 0 Å². The molecule has 0 heterocycles. The van der Waals surface area contributed by atoms with Gasteiger partial charge in [-0.1, -0.05) is 58.5 Å². The van der Waals surface area contributed by atoms with E-state index in [4.69, 9.17) is 52.2 Å². The molecule has 2 aromatic rings. The van der Waals surface area contributed by atoms with Gasteiger partial charge in [-0.3, -0.25) is 10.2 Å². The minimum Gasteiger partial charge on any atom is -0.293 e. The van der Waals surface area contributed by atoms with Crippen molar-refractivity contribution in [3.63, 3.8) is 0 Å². The second-order valence-electron chi connectivity index (χ2n) is 4.27. The number of nitrogens with one attached hydrogen (secondary N) is 1. The predicted octanol–water partition coefficient (Wildman–Crippen LogP) is 4.42. The maximum atomic E-state index is 12.2. The van der Waals surface area contributed by atoms with Gasteiger partial charge in [-0.15, -0.1) is 0 Å². The van der Waals surface area contributed by atoms with Crippen LogP contribution < -0.4 is 11.3 Å². The van der Waals surface area contributed by atoms with Gasteiger partial charge in [0.1, 0.15) is 0 Å². The number of carbonyl (C=O) groups is 1. The number of amides is 1. The molecule has 2 aromatic carbocycles. The van der Waals surface area contributed by atoms with Gasteiger partial charge >= 0.3 is 0 Å². The van der Waals surface area contributed by atoms with Crippen LogP contribution in [0.5, 0.6) is 0 Å². The van der Waals surface area contributed by atoms with Gasteiger partial charge in [0.05, 0.1) is 5.92 Å². The van der Waals surface area contributed by atoms with Crippen LogP contribution in [0, 0.1) is 0 Å². The number of benzene rings is 2. The van der Waals surface area contributed by atoms with E-state index in [9.17, 15) is 4.79 Å².